The van der Waals surface area contributed by atoms with Gasteiger partial charge in [-0.1, -0.05) is 0 Å². The number of carbonyl (C=O) groups is 1. The lowest BCUT2D eigenvalue weighted by atomic mass is 10.2. The van der Waals surface area contributed by atoms with Gasteiger partial charge in [-0.3, -0.25) is 4.79 Å². The van der Waals surface area contributed by atoms with Crippen molar-refractivity contribution in [2.75, 3.05) is 6.61 Å². The number of fused-ring (bicyclic) bond motifs is 1. The molecule has 4 heteroatoms. The molecule has 0 aliphatic carbocycles. The number of hydrogen-bond donors (Lipinski definition) is 0. The molecule has 0 bridgehead atoms. The van der Waals surface area contributed by atoms with Crippen molar-refractivity contribution in [3.05, 3.63) is 27.8 Å². The Labute approximate surface area is 67.8 Å². The number of carbonyl (C=O) groups excluding carboxylic acids is 1. The van der Waals surface area contributed by atoms with Crippen molar-refractivity contribution in [1.29, 1.82) is 0 Å². The van der Waals surface area contributed by atoms with Gasteiger partial charge in [0, 0.05) is 6.07 Å². The van der Waals surface area contributed by atoms with Crippen LogP contribution in [0.3, 0.4) is 0 Å². The Morgan fingerprint density at radius 2 is 2.17 bits per heavy atom. The summed E-state index contributed by atoms with van der Waals surface area (Å²) in [6.45, 7) is 1.58. The minimum Gasteiger partial charge on any atom is -0.484 e. The minimum atomic E-state index is -0.604. The highest BCUT2D eigenvalue weighted by Crippen LogP contribution is 2.22. The van der Waals surface area contributed by atoms with Crippen LogP contribution in [-0.2, 0) is 0 Å². The van der Waals surface area contributed by atoms with E-state index in [-0.39, 0.29) is 18.0 Å². The van der Waals surface area contributed by atoms with Gasteiger partial charge in [0.15, 0.2) is 6.61 Å². The van der Waals surface area contributed by atoms with Gasteiger partial charge in [-0.25, -0.2) is 4.79 Å². The molecule has 0 unspecified atom stereocenters. The first-order valence-electron chi connectivity index (χ1n) is 3.49. The van der Waals surface area contributed by atoms with Gasteiger partial charge in [0.1, 0.15) is 17.1 Å². The molecule has 4 nitrogen and oxygen atoms in total. The van der Waals surface area contributed by atoms with Crippen LogP contribution in [0.25, 0.3) is 0 Å². The van der Waals surface area contributed by atoms with Gasteiger partial charge in [0.2, 0.25) is 5.78 Å². The first-order valence-corrected chi connectivity index (χ1v) is 3.49. The molecule has 62 valence electrons. The van der Waals surface area contributed by atoms with Crippen molar-refractivity contribution in [2.45, 2.75) is 6.92 Å². The molecule has 0 atom stereocenters. The molecule has 2 heterocycles. The van der Waals surface area contributed by atoms with Gasteiger partial charge < -0.3 is 9.15 Å². The fraction of sp³-hybridized carbons (Fsp3) is 0.250. The van der Waals surface area contributed by atoms with Crippen LogP contribution in [-0.4, -0.2) is 12.4 Å². The Kier molecular flexibility index (Phi) is 1.30. The molecule has 12 heavy (non-hydrogen) atoms. The number of hydrogen-bond acceptors (Lipinski definition) is 4. The highest BCUT2D eigenvalue weighted by atomic mass is 16.5. The quantitative estimate of drug-likeness (QED) is 0.563. The molecule has 2 rings (SSSR count). The van der Waals surface area contributed by atoms with E-state index in [1.807, 2.05) is 0 Å². The van der Waals surface area contributed by atoms with Crippen molar-refractivity contribution in [2.24, 2.45) is 0 Å². The van der Waals surface area contributed by atoms with Crippen LogP contribution in [0.2, 0.25) is 0 Å². The molecular weight excluding hydrogens is 160 g/mol. The summed E-state index contributed by atoms with van der Waals surface area (Å²) in [5.41, 5.74) is -0.562. The van der Waals surface area contributed by atoms with Crippen molar-refractivity contribution >= 4 is 5.78 Å². The summed E-state index contributed by atoms with van der Waals surface area (Å²) in [7, 11) is 0. The Bertz CT molecular complexity index is 402. The third-order valence-corrected chi connectivity index (χ3v) is 1.68. The van der Waals surface area contributed by atoms with E-state index in [9.17, 15) is 9.59 Å². The highest BCUT2D eigenvalue weighted by Gasteiger charge is 2.26. The summed E-state index contributed by atoms with van der Waals surface area (Å²) in [5.74, 6) is 0.487. The molecular formula is C8H6O4. The second kappa shape index (κ2) is 2.20. The topological polar surface area (TPSA) is 56.5 Å². The zero-order valence-electron chi connectivity index (χ0n) is 6.42. The number of ether oxygens (including phenoxy) is 1. The highest BCUT2D eigenvalue weighted by molar-refractivity contribution is 6.01. The number of aryl methyl sites for hydroxylation is 1. The van der Waals surface area contributed by atoms with Gasteiger partial charge in [-0.05, 0) is 6.92 Å². The molecule has 0 aromatic carbocycles. The van der Waals surface area contributed by atoms with E-state index in [0.29, 0.717) is 11.5 Å². The Balaban J connectivity index is 2.77. The summed E-state index contributed by atoms with van der Waals surface area (Å²) in [6.07, 6.45) is 0. The van der Waals surface area contributed by atoms with E-state index in [2.05, 4.69) is 0 Å². The minimum absolute atomic E-state index is 0.0422. The van der Waals surface area contributed by atoms with Gasteiger partial charge in [0.05, 0.1) is 0 Å². The molecule has 0 amide bonds. The van der Waals surface area contributed by atoms with Crippen molar-refractivity contribution in [1.82, 2.24) is 0 Å². The molecule has 0 spiro atoms. The fourth-order valence-electron chi connectivity index (χ4n) is 1.16. The SMILES string of the molecule is Cc1cc2c(c(=O)o1)C(=O)CO2. The van der Waals surface area contributed by atoms with Crippen LogP contribution >= 0.6 is 0 Å². The van der Waals surface area contributed by atoms with E-state index in [0.717, 1.165) is 0 Å². The largest absolute Gasteiger partial charge is 0.484 e. The maximum Gasteiger partial charge on any atom is 0.350 e. The average Bonchev–Trinajstić information content (AvgIpc) is 2.31. The van der Waals surface area contributed by atoms with Crippen LogP contribution in [0.1, 0.15) is 16.1 Å². The molecule has 0 N–H and O–H groups in total. The van der Waals surface area contributed by atoms with Gasteiger partial charge >= 0.3 is 5.63 Å². The summed E-state index contributed by atoms with van der Waals surface area (Å²) in [6, 6.07) is 1.54. The Morgan fingerprint density at radius 3 is 2.92 bits per heavy atom. The summed E-state index contributed by atoms with van der Waals surface area (Å²) < 4.78 is 9.70. The molecule has 0 saturated carbocycles. The lowest BCUT2D eigenvalue weighted by molar-refractivity contribution is 0.0959. The number of Topliss-reactive ketones (excluding diaryl/α,β-unsaturated/α-hetero) is 1. The van der Waals surface area contributed by atoms with Crippen molar-refractivity contribution in [3.8, 4) is 5.75 Å². The van der Waals surface area contributed by atoms with Crippen LogP contribution in [0.15, 0.2) is 15.3 Å². The van der Waals surface area contributed by atoms with Crippen molar-refractivity contribution in [3.63, 3.8) is 0 Å². The Hall–Kier alpha value is -1.58. The van der Waals surface area contributed by atoms with Gasteiger partial charge in [-0.2, -0.15) is 0 Å². The predicted molar refractivity (Wildman–Crippen MR) is 39.5 cm³/mol. The zero-order chi connectivity index (χ0) is 8.72. The lowest BCUT2D eigenvalue weighted by Gasteiger charge is -1.95. The average molecular weight is 166 g/mol. The molecule has 1 aliphatic heterocycles. The normalized spacial score (nSPS) is 14.2. The van der Waals surface area contributed by atoms with E-state index in [1.165, 1.54) is 0 Å². The third kappa shape index (κ3) is 0.845. The molecule has 1 aromatic rings. The molecule has 1 aliphatic rings. The number of ketones is 1. The van der Waals surface area contributed by atoms with Crippen LogP contribution in [0.5, 0.6) is 5.75 Å². The second-order valence-electron chi connectivity index (χ2n) is 2.60. The third-order valence-electron chi connectivity index (χ3n) is 1.68. The maximum absolute atomic E-state index is 11.1. The first kappa shape index (κ1) is 7.09. The monoisotopic (exact) mass is 166 g/mol. The van der Waals surface area contributed by atoms with E-state index >= 15 is 0 Å². The summed E-state index contributed by atoms with van der Waals surface area (Å²) in [5, 5.41) is 0. The predicted octanol–water partition coefficient (Wildman–Crippen LogP) is 0.523. The summed E-state index contributed by atoms with van der Waals surface area (Å²) in [4.78, 5) is 22.1. The van der Waals surface area contributed by atoms with Gasteiger partial charge in [-0.15, -0.1) is 0 Å². The van der Waals surface area contributed by atoms with Crippen LogP contribution in [0, 0.1) is 6.92 Å². The van der Waals surface area contributed by atoms with Crippen LogP contribution < -0.4 is 10.4 Å². The van der Waals surface area contributed by atoms with Crippen molar-refractivity contribution < 1.29 is 13.9 Å². The maximum atomic E-state index is 11.1. The lowest BCUT2D eigenvalue weighted by Crippen LogP contribution is -2.11. The zero-order valence-corrected chi connectivity index (χ0v) is 6.42. The van der Waals surface area contributed by atoms with Crippen LogP contribution in [0.4, 0.5) is 0 Å². The summed E-state index contributed by atoms with van der Waals surface area (Å²) >= 11 is 0. The fourth-order valence-corrected chi connectivity index (χ4v) is 1.16. The molecule has 0 saturated heterocycles. The molecule has 0 radical (unpaired) electrons. The molecule has 1 aromatic heterocycles. The Morgan fingerprint density at radius 1 is 1.42 bits per heavy atom. The van der Waals surface area contributed by atoms with E-state index < -0.39 is 5.63 Å². The van der Waals surface area contributed by atoms with E-state index in [4.69, 9.17) is 9.15 Å². The van der Waals surface area contributed by atoms with E-state index in [1.54, 1.807) is 13.0 Å². The standard InChI is InChI=1S/C8H6O4/c1-4-2-6-7(8(10)12-4)5(9)3-11-6/h2H,3H2,1H3. The smallest absolute Gasteiger partial charge is 0.350 e. The second-order valence-corrected chi connectivity index (χ2v) is 2.60. The number of rotatable bonds is 0. The van der Waals surface area contributed by atoms with Gasteiger partial charge in [0.25, 0.3) is 0 Å². The molecule has 0 fully saturated rings. The first-order chi connectivity index (χ1) is 5.68.